The lowest BCUT2D eigenvalue weighted by atomic mass is 9.80. The highest BCUT2D eigenvalue weighted by Crippen LogP contribution is 2.39. The summed E-state index contributed by atoms with van der Waals surface area (Å²) in [5.74, 6) is 0.699. The van der Waals surface area contributed by atoms with E-state index in [1.54, 1.807) is 0 Å². The molecule has 3 rings (SSSR count). The summed E-state index contributed by atoms with van der Waals surface area (Å²) in [6.07, 6.45) is 5.12. The van der Waals surface area contributed by atoms with Crippen LogP contribution in [-0.4, -0.2) is 37.1 Å². The average molecular weight is 394 g/mol. The molecular weight excluding hydrogens is 366 g/mol. The third-order valence-electron chi connectivity index (χ3n) is 5.14. The number of benzene rings is 1. The first-order valence-corrected chi connectivity index (χ1v) is 10.1. The zero-order valence-electron chi connectivity index (χ0n) is 15.7. The Kier molecular flexibility index (Phi) is 7.16. The number of amides is 1. The van der Waals surface area contributed by atoms with Gasteiger partial charge in [-0.1, -0.05) is 23.7 Å². The van der Waals surface area contributed by atoms with Gasteiger partial charge in [-0.25, -0.2) is 0 Å². The van der Waals surface area contributed by atoms with Gasteiger partial charge >= 0.3 is 0 Å². The van der Waals surface area contributed by atoms with Crippen molar-refractivity contribution in [2.75, 3.05) is 19.8 Å². The molecule has 1 aromatic carbocycles. The quantitative estimate of drug-likeness (QED) is 0.672. The largest absolute Gasteiger partial charge is 0.459 e. The van der Waals surface area contributed by atoms with Crippen molar-refractivity contribution in [2.24, 2.45) is 11.8 Å². The smallest absolute Gasteiger partial charge is 0.286 e. The number of ether oxygens (including phenoxy) is 2. The van der Waals surface area contributed by atoms with Gasteiger partial charge in [-0.15, -0.1) is 0 Å². The number of aliphatic hydroxyl groups excluding tert-OH is 1. The van der Waals surface area contributed by atoms with Gasteiger partial charge in [-0.05, 0) is 62.3 Å². The number of rotatable bonds is 9. The van der Waals surface area contributed by atoms with E-state index in [1.807, 2.05) is 37.3 Å². The van der Waals surface area contributed by atoms with Crippen LogP contribution in [0.5, 0.6) is 0 Å². The van der Waals surface area contributed by atoms with Gasteiger partial charge in [0.1, 0.15) is 0 Å². The Morgan fingerprint density at radius 3 is 2.70 bits per heavy atom. The Bertz CT molecular complexity index is 657. The van der Waals surface area contributed by atoms with Crippen molar-refractivity contribution in [3.05, 3.63) is 46.7 Å². The Morgan fingerprint density at radius 1 is 1.33 bits per heavy atom. The Balaban J connectivity index is 1.86. The van der Waals surface area contributed by atoms with E-state index in [-0.39, 0.29) is 24.3 Å². The first-order chi connectivity index (χ1) is 13.1. The molecule has 1 fully saturated rings. The zero-order valence-corrected chi connectivity index (χ0v) is 16.5. The first-order valence-electron chi connectivity index (χ1n) is 9.77. The Labute approximate surface area is 165 Å². The van der Waals surface area contributed by atoms with E-state index < -0.39 is 6.29 Å². The molecule has 5 nitrogen and oxygen atoms in total. The van der Waals surface area contributed by atoms with E-state index in [0.29, 0.717) is 36.3 Å². The molecule has 2 aliphatic rings. The van der Waals surface area contributed by atoms with Crippen molar-refractivity contribution in [1.82, 2.24) is 5.32 Å². The summed E-state index contributed by atoms with van der Waals surface area (Å²) in [7, 11) is 0. The highest BCUT2D eigenvalue weighted by atomic mass is 35.5. The zero-order chi connectivity index (χ0) is 19.2. The molecular formula is C21H28ClNO4. The van der Waals surface area contributed by atoms with Gasteiger partial charge in [0.05, 0.1) is 0 Å². The fourth-order valence-electron chi connectivity index (χ4n) is 3.48. The number of allylic oxidation sites excluding steroid dienone is 1. The van der Waals surface area contributed by atoms with Crippen LogP contribution < -0.4 is 5.32 Å². The van der Waals surface area contributed by atoms with Gasteiger partial charge in [0.2, 0.25) is 6.29 Å². The number of nitrogens with one attached hydrogen (secondary N) is 1. The van der Waals surface area contributed by atoms with Crippen molar-refractivity contribution in [3.63, 3.8) is 0 Å². The van der Waals surface area contributed by atoms with Crippen LogP contribution in [0.2, 0.25) is 5.02 Å². The molecule has 27 heavy (non-hydrogen) atoms. The van der Waals surface area contributed by atoms with Gasteiger partial charge in [0.25, 0.3) is 5.91 Å². The molecule has 3 atom stereocenters. The van der Waals surface area contributed by atoms with Crippen molar-refractivity contribution in [1.29, 1.82) is 0 Å². The van der Waals surface area contributed by atoms with Crippen LogP contribution in [0.3, 0.4) is 0 Å². The molecule has 1 aliphatic carbocycles. The van der Waals surface area contributed by atoms with Crippen LogP contribution in [0.1, 0.15) is 44.1 Å². The molecule has 1 aliphatic heterocycles. The second-order valence-corrected chi connectivity index (χ2v) is 7.67. The highest BCUT2D eigenvalue weighted by molar-refractivity contribution is 6.30. The molecule has 0 spiro atoms. The summed E-state index contributed by atoms with van der Waals surface area (Å²) < 4.78 is 11.8. The molecule has 0 aromatic heterocycles. The van der Waals surface area contributed by atoms with Crippen LogP contribution in [0.15, 0.2) is 36.1 Å². The summed E-state index contributed by atoms with van der Waals surface area (Å²) in [6, 6.07) is 7.66. The SMILES string of the molecule is CCO[C@@H]1OC(C(=O)NCC2CC2)=C[C@H](c2ccc(Cl)cc2)[C@@H]1CCCO. The molecule has 1 aromatic rings. The maximum atomic E-state index is 12.6. The van der Waals surface area contributed by atoms with Gasteiger partial charge in [0.15, 0.2) is 5.76 Å². The summed E-state index contributed by atoms with van der Waals surface area (Å²) in [5.41, 5.74) is 1.06. The minimum atomic E-state index is -0.520. The number of aliphatic hydroxyl groups is 1. The van der Waals surface area contributed by atoms with E-state index in [0.717, 1.165) is 12.0 Å². The highest BCUT2D eigenvalue weighted by Gasteiger charge is 2.38. The first kappa shape index (κ1) is 20.2. The normalized spacial score (nSPS) is 24.9. The lowest BCUT2D eigenvalue weighted by molar-refractivity contribution is -0.166. The maximum absolute atomic E-state index is 12.6. The predicted molar refractivity (Wildman–Crippen MR) is 104 cm³/mol. The molecule has 1 saturated carbocycles. The number of halogens is 1. The molecule has 0 bridgehead atoms. The summed E-state index contributed by atoms with van der Waals surface area (Å²) in [4.78, 5) is 12.6. The Hall–Kier alpha value is -1.56. The monoisotopic (exact) mass is 393 g/mol. The van der Waals surface area contributed by atoms with Gasteiger partial charge in [-0.2, -0.15) is 0 Å². The molecule has 0 saturated heterocycles. The van der Waals surface area contributed by atoms with Gasteiger partial charge < -0.3 is 19.9 Å². The molecule has 0 unspecified atom stereocenters. The summed E-state index contributed by atoms with van der Waals surface area (Å²) in [6.45, 7) is 3.21. The molecule has 0 radical (unpaired) electrons. The lowest BCUT2D eigenvalue weighted by Gasteiger charge is -2.37. The maximum Gasteiger partial charge on any atom is 0.286 e. The molecule has 148 valence electrons. The van der Waals surface area contributed by atoms with Crippen LogP contribution >= 0.6 is 11.6 Å². The van der Waals surface area contributed by atoms with Crippen LogP contribution in [0.25, 0.3) is 0 Å². The fraction of sp³-hybridized carbons (Fsp3) is 0.571. The van der Waals surface area contributed by atoms with Gasteiger partial charge in [-0.3, -0.25) is 4.79 Å². The van der Waals surface area contributed by atoms with E-state index in [2.05, 4.69) is 5.32 Å². The lowest BCUT2D eigenvalue weighted by Crippen LogP contribution is -2.39. The van der Waals surface area contributed by atoms with Gasteiger partial charge in [0, 0.05) is 36.6 Å². The molecule has 1 amide bonds. The van der Waals surface area contributed by atoms with Crippen LogP contribution in [0.4, 0.5) is 0 Å². The van der Waals surface area contributed by atoms with E-state index in [9.17, 15) is 9.90 Å². The van der Waals surface area contributed by atoms with E-state index in [4.69, 9.17) is 21.1 Å². The van der Waals surface area contributed by atoms with Crippen LogP contribution in [-0.2, 0) is 14.3 Å². The molecule has 6 heteroatoms. The summed E-state index contributed by atoms with van der Waals surface area (Å²) >= 11 is 6.04. The van der Waals surface area contributed by atoms with Crippen molar-refractivity contribution < 1.29 is 19.4 Å². The van der Waals surface area contributed by atoms with Crippen molar-refractivity contribution in [3.8, 4) is 0 Å². The average Bonchev–Trinajstić information content (AvgIpc) is 3.50. The summed E-state index contributed by atoms with van der Waals surface area (Å²) in [5, 5.41) is 12.9. The third-order valence-corrected chi connectivity index (χ3v) is 5.39. The van der Waals surface area contributed by atoms with Crippen molar-refractivity contribution >= 4 is 17.5 Å². The topological polar surface area (TPSA) is 67.8 Å². The van der Waals surface area contributed by atoms with Crippen LogP contribution in [0, 0.1) is 11.8 Å². The third kappa shape index (κ3) is 5.47. The minimum Gasteiger partial charge on any atom is -0.459 e. The molecule has 1 heterocycles. The minimum absolute atomic E-state index is 0.0123. The second kappa shape index (κ2) is 9.58. The number of hydrogen-bond acceptors (Lipinski definition) is 4. The Morgan fingerprint density at radius 2 is 2.07 bits per heavy atom. The fourth-order valence-corrected chi connectivity index (χ4v) is 3.60. The van der Waals surface area contributed by atoms with E-state index >= 15 is 0 Å². The van der Waals surface area contributed by atoms with E-state index in [1.165, 1.54) is 12.8 Å². The second-order valence-electron chi connectivity index (χ2n) is 7.23. The number of carbonyl (C=O) groups is 1. The van der Waals surface area contributed by atoms with Crippen molar-refractivity contribution in [2.45, 2.75) is 44.8 Å². The number of carbonyl (C=O) groups excluding carboxylic acids is 1. The predicted octanol–water partition coefficient (Wildman–Crippen LogP) is 3.62. The molecule has 2 N–H and O–H groups in total. The number of hydrogen-bond donors (Lipinski definition) is 2. The standard InChI is InChI=1S/C21H28ClNO4/c1-2-26-21-17(4-3-11-24)18(15-7-9-16(22)10-8-15)12-19(27-21)20(25)23-13-14-5-6-14/h7-10,12,14,17-18,21,24H,2-6,11,13H2,1H3,(H,23,25)/t17-,18+,21+/m0/s1.